The maximum Gasteiger partial charge on any atom is 0.333 e. The molecule has 0 unspecified atom stereocenters. The van der Waals surface area contributed by atoms with Gasteiger partial charge in [0.1, 0.15) is 0 Å². The summed E-state index contributed by atoms with van der Waals surface area (Å²) in [4.78, 5) is 7.76. The van der Waals surface area contributed by atoms with Crippen LogP contribution in [0.3, 0.4) is 0 Å². The fraction of sp³-hybridized carbons (Fsp3) is 0.0370. The molecule has 0 atom stereocenters. The molecule has 0 bridgehead atoms. The van der Waals surface area contributed by atoms with Gasteiger partial charge in [-0.2, -0.15) is 0 Å². The van der Waals surface area contributed by atoms with E-state index >= 15 is 0 Å². The Morgan fingerprint density at radius 2 is 0.741 bits per heavy atom. The first kappa shape index (κ1) is 50.1. The summed E-state index contributed by atoms with van der Waals surface area (Å²) >= 11 is 0. The molecule has 0 N–H and O–H groups in total. The summed E-state index contributed by atoms with van der Waals surface area (Å²) in [5, 5.41) is 0. The second-order valence-corrected chi connectivity index (χ2v) is 23.2. The van der Waals surface area contributed by atoms with Gasteiger partial charge in [-0.1, -0.05) is 257 Å². The van der Waals surface area contributed by atoms with Crippen molar-refractivity contribution in [3.05, 3.63) is 327 Å². The SMILES string of the molecule is CC1(C)c2ccccc2-c2c1cc1c3c2N(c2cccc(-c4ccccc4)c2)c2cc(-c4ccccc4)ccc2B3N(c2cccc(-c3ccccc3)c2)c2cc(N(c3ccc(-c4ccccc4)cc3)c3ccc(-c4ccccc4)cc3)ccc2-1. The number of rotatable bonds is 10. The fourth-order valence-corrected chi connectivity index (χ4v) is 13.9. The van der Waals surface area contributed by atoms with E-state index in [1.54, 1.807) is 0 Å². The van der Waals surface area contributed by atoms with Crippen LogP contribution in [0, 0.1) is 0 Å². The van der Waals surface area contributed by atoms with Gasteiger partial charge in [0.15, 0.2) is 0 Å². The smallest absolute Gasteiger partial charge is 0.333 e. The Morgan fingerprint density at radius 3 is 1.29 bits per heavy atom. The van der Waals surface area contributed by atoms with Crippen molar-refractivity contribution in [1.29, 1.82) is 0 Å². The number of benzene rings is 13. The first-order chi connectivity index (χ1) is 41.9. The van der Waals surface area contributed by atoms with Gasteiger partial charge >= 0.3 is 6.85 Å². The topological polar surface area (TPSA) is 9.72 Å². The number of hydrogen-bond acceptors (Lipinski definition) is 3. The summed E-state index contributed by atoms with van der Waals surface area (Å²) in [5.74, 6) is 0. The number of hydrogen-bond donors (Lipinski definition) is 0. The highest BCUT2D eigenvalue weighted by atomic mass is 15.2. The molecule has 400 valence electrons. The van der Waals surface area contributed by atoms with Crippen molar-refractivity contribution >= 4 is 63.3 Å². The third-order valence-corrected chi connectivity index (χ3v) is 18.0. The van der Waals surface area contributed by atoms with Crippen LogP contribution < -0.4 is 25.5 Å². The zero-order chi connectivity index (χ0) is 56.6. The molecule has 0 spiro atoms. The predicted molar refractivity (Wildman–Crippen MR) is 360 cm³/mol. The van der Waals surface area contributed by atoms with Crippen molar-refractivity contribution in [3.63, 3.8) is 0 Å². The highest BCUT2D eigenvalue weighted by Crippen LogP contribution is 2.59. The maximum atomic E-state index is 2.68. The van der Waals surface area contributed by atoms with Crippen molar-refractivity contribution in [2.75, 3.05) is 14.6 Å². The van der Waals surface area contributed by atoms with Crippen LogP contribution in [-0.2, 0) is 5.41 Å². The standard InChI is InChI=1S/C81H58BN3/c1-81(2)73-37-19-18-36-71(73)78-74(81)54-72-70-48-47-68(83(65-43-38-60(39-44-65)55-22-8-3-9-23-55)66-45-40-61(41-46-66)56-24-10-4-11-25-56)53-76(70)85(69-35-21-33-63(51-69)58-28-14-6-15-29-58)82-75-49-42-64(59-30-16-7-17-31-59)52-77(75)84(80(78)79(72)82)67-34-20-32-62(50-67)57-26-12-5-13-27-57/h3-54H,1-2H3. The molecule has 4 heteroatoms. The Kier molecular flexibility index (Phi) is 12.0. The van der Waals surface area contributed by atoms with Crippen LogP contribution in [0.5, 0.6) is 0 Å². The van der Waals surface area contributed by atoms with Crippen LogP contribution in [0.4, 0.5) is 45.5 Å². The molecule has 0 saturated heterocycles. The van der Waals surface area contributed by atoms with E-state index in [0.29, 0.717) is 0 Å². The minimum absolute atomic E-state index is 0.253. The number of nitrogens with zero attached hydrogens (tertiary/aromatic N) is 3. The molecule has 0 amide bonds. The van der Waals surface area contributed by atoms with Crippen molar-refractivity contribution in [2.24, 2.45) is 0 Å². The molecule has 13 aromatic rings. The molecule has 85 heavy (non-hydrogen) atoms. The molecule has 16 rings (SSSR count). The lowest BCUT2D eigenvalue weighted by Crippen LogP contribution is -2.61. The van der Waals surface area contributed by atoms with Crippen molar-refractivity contribution in [2.45, 2.75) is 19.3 Å². The van der Waals surface area contributed by atoms with E-state index in [4.69, 9.17) is 0 Å². The Balaban J connectivity index is 0.994. The Hall–Kier alpha value is -10.7. The Labute approximate surface area is 498 Å². The van der Waals surface area contributed by atoms with E-state index in [0.717, 1.165) is 39.8 Å². The molecule has 3 nitrogen and oxygen atoms in total. The van der Waals surface area contributed by atoms with Crippen molar-refractivity contribution in [1.82, 2.24) is 0 Å². The van der Waals surface area contributed by atoms with Gasteiger partial charge in [0.05, 0.1) is 5.69 Å². The predicted octanol–water partition coefficient (Wildman–Crippen LogP) is 20.5. The van der Waals surface area contributed by atoms with Gasteiger partial charge in [-0.15, -0.1) is 0 Å². The summed E-state index contributed by atoms with van der Waals surface area (Å²) in [6.07, 6.45) is 0. The monoisotopic (exact) mass is 1080 g/mol. The Morgan fingerprint density at radius 1 is 0.306 bits per heavy atom. The molecule has 13 aromatic carbocycles. The second-order valence-electron chi connectivity index (χ2n) is 23.2. The largest absolute Gasteiger partial charge is 0.376 e. The molecular formula is C81H58BN3. The summed E-state index contributed by atoms with van der Waals surface area (Å²) < 4.78 is 0. The molecule has 0 aromatic heterocycles. The first-order valence-electron chi connectivity index (χ1n) is 29.6. The minimum Gasteiger partial charge on any atom is -0.376 e. The highest BCUT2D eigenvalue weighted by Gasteiger charge is 2.50. The van der Waals surface area contributed by atoms with E-state index in [-0.39, 0.29) is 12.3 Å². The maximum absolute atomic E-state index is 2.68. The summed E-state index contributed by atoms with van der Waals surface area (Å²) in [7, 11) is 0. The normalized spacial score (nSPS) is 13.1. The quantitative estimate of drug-likeness (QED) is 0.126. The molecule has 1 aliphatic carbocycles. The molecule has 2 aliphatic heterocycles. The van der Waals surface area contributed by atoms with Crippen LogP contribution in [0.15, 0.2) is 315 Å². The molecular weight excluding hydrogens is 1030 g/mol. The van der Waals surface area contributed by atoms with Crippen LogP contribution in [-0.4, -0.2) is 6.85 Å². The average molecular weight is 1080 g/mol. The lowest BCUT2D eigenvalue weighted by Gasteiger charge is -2.47. The fourth-order valence-electron chi connectivity index (χ4n) is 13.9. The van der Waals surface area contributed by atoms with Crippen LogP contribution in [0.1, 0.15) is 25.0 Å². The summed E-state index contributed by atoms with van der Waals surface area (Å²) in [6.45, 7) is 4.60. The third-order valence-electron chi connectivity index (χ3n) is 18.0. The van der Waals surface area contributed by atoms with Crippen molar-refractivity contribution in [3.8, 4) is 77.9 Å². The van der Waals surface area contributed by atoms with E-state index in [9.17, 15) is 0 Å². The van der Waals surface area contributed by atoms with Gasteiger partial charge in [0, 0.05) is 56.4 Å². The molecule has 0 saturated carbocycles. The van der Waals surface area contributed by atoms with Gasteiger partial charge in [-0.25, -0.2) is 0 Å². The summed E-state index contributed by atoms with van der Waals surface area (Å²) in [5.41, 5.74) is 30.7. The van der Waals surface area contributed by atoms with Crippen LogP contribution in [0.2, 0.25) is 0 Å². The molecule has 0 radical (unpaired) electrons. The van der Waals surface area contributed by atoms with E-state index in [1.165, 1.54) is 106 Å². The average Bonchev–Trinajstić information content (AvgIpc) is 1.78. The lowest BCUT2D eigenvalue weighted by molar-refractivity contribution is 0.660. The molecule has 0 fully saturated rings. The number of fused-ring (bicyclic) bond motifs is 8. The van der Waals surface area contributed by atoms with Gasteiger partial charge in [0.2, 0.25) is 0 Å². The lowest BCUT2D eigenvalue weighted by atomic mass is 9.43. The van der Waals surface area contributed by atoms with Gasteiger partial charge in [-0.3, -0.25) is 0 Å². The van der Waals surface area contributed by atoms with Crippen LogP contribution in [0.25, 0.3) is 77.9 Å². The van der Waals surface area contributed by atoms with Crippen LogP contribution >= 0.6 is 0 Å². The van der Waals surface area contributed by atoms with Gasteiger partial charge in [-0.05, 0) is 162 Å². The van der Waals surface area contributed by atoms with E-state index < -0.39 is 0 Å². The van der Waals surface area contributed by atoms with Gasteiger partial charge < -0.3 is 14.6 Å². The molecule has 3 aliphatic rings. The number of anilines is 8. The van der Waals surface area contributed by atoms with Gasteiger partial charge in [0.25, 0.3) is 0 Å². The summed E-state index contributed by atoms with van der Waals surface area (Å²) in [6, 6.07) is 117. The minimum atomic E-state index is -0.299. The van der Waals surface area contributed by atoms with E-state index in [2.05, 4.69) is 344 Å². The third kappa shape index (κ3) is 8.43. The Bertz CT molecular complexity index is 4580. The highest BCUT2D eigenvalue weighted by molar-refractivity contribution is 6.94. The van der Waals surface area contributed by atoms with Crippen molar-refractivity contribution < 1.29 is 0 Å². The first-order valence-corrected chi connectivity index (χ1v) is 29.6. The molecule has 2 heterocycles. The zero-order valence-corrected chi connectivity index (χ0v) is 47.4. The zero-order valence-electron chi connectivity index (χ0n) is 47.4. The second kappa shape index (κ2) is 20.3. The van der Waals surface area contributed by atoms with E-state index in [1.807, 2.05) is 0 Å².